The largest absolute Gasteiger partial charge is 0.457 e. The summed E-state index contributed by atoms with van der Waals surface area (Å²) in [5.41, 5.74) is 3.91. The molecular formula is C29H28N10O2. The van der Waals surface area contributed by atoms with Crippen LogP contribution in [0.1, 0.15) is 37.9 Å². The van der Waals surface area contributed by atoms with Gasteiger partial charge in [0.2, 0.25) is 0 Å². The molecule has 4 aromatic heterocycles. The SMILES string of the molecule is Cc1cc(Nc2ncnn3cnc(C4CN(C(=O)/C(C#N)=C/C(C)(C)C)C4)c23)ccc1Oc1ccn2ncnc2c1. The van der Waals surface area contributed by atoms with Gasteiger partial charge in [-0.25, -0.2) is 24.0 Å². The Balaban J connectivity index is 1.19. The molecule has 1 aromatic carbocycles. The van der Waals surface area contributed by atoms with Crippen molar-refractivity contribution in [1.29, 1.82) is 5.26 Å². The standard InChI is InChI=1S/C29H28N10O2/c1-18-9-21(5-6-23(18)41-22-7-8-38-24(10-22)31-15-34-38)36-27-26-25(33-17-39(26)35-16-32-27)20-13-37(14-20)28(40)19(12-30)11-29(2,3)4/h5-11,15-17,20H,13-14H2,1-4H3,(H,32,35,36)/b19-11+. The fourth-order valence-corrected chi connectivity index (χ4v) is 4.79. The lowest BCUT2D eigenvalue weighted by Crippen LogP contribution is -2.49. The van der Waals surface area contributed by atoms with Crippen molar-refractivity contribution in [3.8, 4) is 17.6 Å². The summed E-state index contributed by atoms with van der Waals surface area (Å²) in [4.78, 5) is 27.9. The van der Waals surface area contributed by atoms with Crippen LogP contribution in [0.2, 0.25) is 0 Å². The number of nitriles is 1. The van der Waals surface area contributed by atoms with Crippen LogP contribution in [-0.4, -0.2) is 58.1 Å². The minimum atomic E-state index is -0.266. The van der Waals surface area contributed by atoms with Crippen LogP contribution in [0.5, 0.6) is 11.5 Å². The summed E-state index contributed by atoms with van der Waals surface area (Å²) < 4.78 is 9.45. The average molecular weight is 549 g/mol. The molecule has 1 aliphatic heterocycles. The van der Waals surface area contributed by atoms with Gasteiger partial charge in [-0.05, 0) is 42.2 Å². The number of pyridine rings is 1. The first-order valence-corrected chi connectivity index (χ1v) is 13.1. The van der Waals surface area contributed by atoms with E-state index in [2.05, 4.69) is 36.5 Å². The van der Waals surface area contributed by atoms with Crippen LogP contribution in [0.15, 0.2) is 67.2 Å². The maximum Gasteiger partial charge on any atom is 0.264 e. The number of anilines is 2. The number of carbonyl (C=O) groups excluding carboxylic acids is 1. The maximum absolute atomic E-state index is 12.9. The van der Waals surface area contributed by atoms with Crippen molar-refractivity contribution < 1.29 is 9.53 Å². The average Bonchev–Trinajstić information content (AvgIpc) is 3.55. The highest BCUT2D eigenvalue weighted by Gasteiger charge is 2.36. The Hall–Kier alpha value is -5.31. The van der Waals surface area contributed by atoms with Crippen molar-refractivity contribution in [3.05, 3.63) is 78.4 Å². The first kappa shape index (κ1) is 25.9. The maximum atomic E-state index is 12.9. The summed E-state index contributed by atoms with van der Waals surface area (Å²) in [6, 6.07) is 11.5. The van der Waals surface area contributed by atoms with Gasteiger partial charge in [0.05, 0.1) is 5.69 Å². The van der Waals surface area contributed by atoms with Gasteiger partial charge >= 0.3 is 0 Å². The van der Waals surface area contributed by atoms with Crippen LogP contribution >= 0.6 is 0 Å². The number of aryl methyl sites for hydroxylation is 1. The van der Waals surface area contributed by atoms with Crippen LogP contribution in [0.25, 0.3) is 11.2 Å². The number of ether oxygens (including phenoxy) is 1. The number of nitrogens with one attached hydrogen (secondary N) is 1. The second-order valence-electron chi connectivity index (χ2n) is 11.1. The number of fused-ring (bicyclic) bond motifs is 2. The Morgan fingerprint density at radius 1 is 1.10 bits per heavy atom. The molecular weight excluding hydrogens is 520 g/mol. The second kappa shape index (κ2) is 10.0. The third-order valence-corrected chi connectivity index (χ3v) is 6.77. The predicted octanol–water partition coefficient (Wildman–Crippen LogP) is 4.43. The number of imidazole rings is 1. The van der Waals surface area contributed by atoms with Crippen LogP contribution in [-0.2, 0) is 4.79 Å². The molecule has 12 nitrogen and oxygen atoms in total. The summed E-state index contributed by atoms with van der Waals surface area (Å²) in [5, 5.41) is 21.3. The molecule has 1 amide bonds. The molecule has 1 N–H and O–H groups in total. The molecule has 1 saturated heterocycles. The van der Waals surface area contributed by atoms with Crippen molar-refractivity contribution in [1.82, 2.24) is 39.1 Å². The number of amides is 1. The zero-order valence-electron chi connectivity index (χ0n) is 23.1. The van der Waals surface area contributed by atoms with E-state index in [0.29, 0.717) is 36.1 Å². The van der Waals surface area contributed by atoms with Crippen molar-refractivity contribution in [2.24, 2.45) is 5.41 Å². The van der Waals surface area contributed by atoms with Gasteiger partial charge in [-0.15, -0.1) is 0 Å². The molecule has 41 heavy (non-hydrogen) atoms. The van der Waals surface area contributed by atoms with E-state index in [9.17, 15) is 10.1 Å². The molecule has 1 aliphatic rings. The molecule has 5 aromatic rings. The van der Waals surface area contributed by atoms with E-state index in [1.165, 1.54) is 12.7 Å². The summed E-state index contributed by atoms with van der Waals surface area (Å²) >= 11 is 0. The Kier molecular flexibility index (Phi) is 6.34. The number of nitrogens with zero attached hydrogens (tertiary/aromatic N) is 9. The van der Waals surface area contributed by atoms with Gasteiger partial charge in [0, 0.05) is 37.0 Å². The molecule has 206 valence electrons. The quantitative estimate of drug-likeness (QED) is 0.241. The van der Waals surface area contributed by atoms with E-state index in [1.54, 1.807) is 32.5 Å². The Labute approximate surface area is 235 Å². The summed E-state index contributed by atoms with van der Waals surface area (Å²) in [6.07, 6.45) is 8.14. The number of rotatable bonds is 6. The second-order valence-corrected chi connectivity index (χ2v) is 11.1. The van der Waals surface area contributed by atoms with Crippen LogP contribution in [0, 0.1) is 23.7 Å². The smallest absolute Gasteiger partial charge is 0.264 e. The number of hydrogen-bond acceptors (Lipinski definition) is 9. The summed E-state index contributed by atoms with van der Waals surface area (Å²) in [6.45, 7) is 8.79. The van der Waals surface area contributed by atoms with E-state index in [-0.39, 0.29) is 22.8 Å². The third kappa shape index (κ3) is 5.17. The number of allylic oxidation sites excluding steroid dienone is 1. The van der Waals surface area contributed by atoms with Crippen molar-refractivity contribution in [2.45, 2.75) is 33.6 Å². The molecule has 0 aliphatic carbocycles. The number of carbonyl (C=O) groups is 1. The minimum absolute atomic E-state index is 0.00482. The molecule has 12 heteroatoms. The van der Waals surface area contributed by atoms with Gasteiger partial charge in [0.1, 0.15) is 47.6 Å². The van der Waals surface area contributed by atoms with Gasteiger partial charge in [-0.2, -0.15) is 15.5 Å². The zero-order chi connectivity index (χ0) is 28.7. The highest BCUT2D eigenvalue weighted by atomic mass is 16.5. The molecule has 0 bridgehead atoms. The summed E-state index contributed by atoms with van der Waals surface area (Å²) in [5.74, 6) is 1.74. The van der Waals surface area contributed by atoms with E-state index >= 15 is 0 Å². The number of hydrogen-bond donors (Lipinski definition) is 1. The highest BCUT2D eigenvalue weighted by Crippen LogP contribution is 2.34. The highest BCUT2D eigenvalue weighted by molar-refractivity contribution is 5.98. The van der Waals surface area contributed by atoms with Crippen LogP contribution in [0.3, 0.4) is 0 Å². The van der Waals surface area contributed by atoms with E-state index in [1.807, 2.05) is 58.0 Å². The van der Waals surface area contributed by atoms with Crippen LogP contribution in [0.4, 0.5) is 11.5 Å². The van der Waals surface area contributed by atoms with Gasteiger partial charge in [0.25, 0.3) is 5.91 Å². The number of aromatic nitrogens is 7. The summed E-state index contributed by atoms with van der Waals surface area (Å²) in [7, 11) is 0. The van der Waals surface area contributed by atoms with Crippen molar-refractivity contribution in [2.75, 3.05) is 18.4 Å². The van der Waals surface area contributed by atoms with E-state index in [4.69, 9.17) is 4.74 Å². The molecule has 5 heterocycles. The van der Waals surface area contributed by atoms with Crippen molar-refractivity contribution >= 4 is 28.6 Å². The Bertz CT molecular complexity index is 1850. The van der Waals surface area contributed by atoms with Gasteiger partial charge < -0.3 is 15.0 Å². The molecule has 0 atom stereocenters. The van der Waals surface area contributed by atoms with E-state index in [0.717, 1.165) is 22.5 Å². The lowest BCUT2D eigenvalue weighted by Gasteiger charge is -2.38. The Morgan fingerprint density at radius 2 is 1.88 bits per heavy atom. The predicted molar refractivity (Wildman–Crippen MR) is 151 cm³/mol. The molecule has 6 rings (SSSR count). The molecule has 1 fully saturated rings. The number of benzene rings is 1. The van der Waals surface area contributed by atoms with Gasteiger partial charge in [-0.1, -0.05) is 26.8 Å². The number of likely N-dealkylation sites (tertiary alicyclic amines) is 1. The lowest BCUT2D eigenvalue weighted by atomic mass is 9.91. The minimum Gasteiger partial charge on any atom is -0.457 e. The molecule has 0 radical (unpaired) electrons. The topological polar surface area (TPSA) is 139 Å². The lowest BCUT2D eigenvalue weighted by molar-refractivity contribution is -0.131. The molecule has 0 unspecified atom stereocenters. The fourth-order valence-electron chi connectivity index (χ4n) is 4.79. The van der Waals surface area contributed by atoms with Gasteiger partial charge in [0.15, 0.2) is 11.5 Å². The van der Waals surface area contributed by atoms with Crippen molar-refractivity contribution in [3.63, 3.8) is 0 Å². The third-order valence-electron chi connectivity index (χ3n) is 6.77. The Morgan fingerprint density at radius 3 is 2.63 bits per heavy atom. The first-order valence-electron chi connectivity index (χ1n) is 13.1. The van der Waals surface area contributed by atoms with Crippen LogP contribution < -0.4 is 10.1 Å². The zero-order valence-corrected chi connectivity index (χ0v) is 23.1. The van der Waals surface area contributed by atoms with E-state index < -0.39 is 0 Å². The van der Waals surface area contributed by atoms with Gasteiger partial charge in [-0.3, -0.25) is 4.79 Å². The fraction of sp³-hybridized carbons (Fsp3) is 0.276. The molecule has 0 saturated carbocycles. The monoisotopic (exact) mass is 548 g/mol. The first-order chi connectivity index (χ1) is 19.7. The normalized spacial score (nSPS) is 14.2. The molecule has 0 spiro atoms.